The zero-order valence-electron chi connectivity index (χ0n) is 16.1. The monoisotopic (exact) mass is 398 g/mol. The number of hydrazone groups is 1. The van der Waals surface area contributed by atoms with Crippen LogP contribution in [0.25, 0.3) is 10.8 Å². The third-order valence-corrected chi connectivity index (χ3v) is 4.65. The van der Waals surface area contributed by atoms with Gasteiger partial charge >= 0.3 is 0 Å². The maximum Gasteiger partial charge on any atom is 0.271 e. The summed E-state index contributed by atoms with van der Waals surface area (Å²) in [7, 11) is 0. The SMILES string of the molecule is O=C(N/N=C\c1ccc(OCc2ccccc2F)cc1)c1cccc2ccccc12. The van der Waals surface area contributed by atoms with Crippen LogP contribution in [0, 0.1) is 5.82 Å². The summed E-state index contributed by atoms with van der Waals surface area (Å²) in [5.41, 5.74) is 4.43. The summed E-state index contributed by atoms with van der Waals surface area (Å²) in [6, 6.07) is 27.0. The minimum Gasteiger partial charge on any atom is -0.489 e. The molecular formula is C25H19FN2O2. The van der Waals surface area contributed by atoms with Crippen molar-refractivity contribution in [2.45, 2.75) is 6.61 Å². The van der Waals surface area contributed by atoms with Crippen molar-refractivity contribution < 1.29 is 13.9 Å². The maximum atomic E-state index is 13.6. The Labute approximate surface area is 173 Å². The third-order valence-electron chi connectivity index (χ3n) is 4.65. The highest BCUT2D eigenvalue weighted by Crippen LogP contribution is 2.18. The molecule has 4 aromatic rings. The van der Waals surface area contributed by atoms with Crippen molar-refractivity contribution in [2.24, 2.45) is 5.10 Å². The van der Waals surface area contributed by atoms with Crippen LogP contribution in [-0.2, 0) is 6.61 Å². The number of amides is 1. The smallest absolute Gasteiger partial charge is 0.271 e. The highest BCUT2D eigenvalue weighted by molar-refractivity contribution is 6.07. The zero-order chi connectivity index (χ0) is 20.8. The Morgan fingerprint density at radius 3 is 2.47 bits per heavy atom. The molecule has 1 N–H and O–H groups in total. The molecule has 0 fully saturated rings. The van der Waals surface area contributed by atoms with Crippen LogP contribution in [0.2, 0.25) is 0 Å². The number of benzene rings is 4. The van der Waals surface area contributed by atoms with Crippen LogP contribution < -0.4 is 10.2 Å². The summed E-state index contributed by atoms with van der Waals surface area (Å²) in [5.74, 6) is 0.0614. The standard InChI is InChI=1S/C25H19FN2O2/c26-24-11-4-2-7-20(24)17-30-21-14-12-18(13-15-21)16-27-28-25(29)23-10-5-8-19-6-1-3-9-22(19)23/h1-16H,17H2,(H,28,29)/b27-16-. The summed E-state index contributed by atoms with van der Waals surface area (Å²) >= 11 is 0. The average Bonchev–Trinajstić information content (AvgIpc) is 2.79. The topological polar surface area (TPSA) is 50.7 Å². The maximum absolute atomic E-state index is 13.6. The average molecular weight is 398 g/mol. The molecular weight excluding hydrogens is 379 g/mol. The van der Waals surface area contributed by atoms with Gasteiger partial charge < -0.3 is 4.74 Å². The van der Waals surface area contributed by atoms with Gasteiger partial charge in [-0.25, -0.2) is 9.82 Å². The fourth-order valence-corrected chi connectivity index (χ4v) is 3.08. The van der Waals surface area contributed by atoms with Crippen LogP contribution in [0.3, 0.4) is 0 Å². The van der Waals surface area contributed by atoms with E-state index in [1.54, 1.807) is 42.6 Å². The molecule has 0 radical (unpaired) electrons. The first-order valence-electron chi connectivity index (χ1n) is 9.48. The number of hydrogen-bond donors (Lipinski definition) is 1. The Morgan fingerprint density at radius 1 is 0.900 bits per heavy atom. The summed E-state index contributed by atoms with van der Waals surface area (Å²) in [6.07, 6.45) is 1.56. The lowest BCUT2D eigenvalue weighted by atomic mass is 10.0. The van der Waals surface area contributed by atoms with E-state index in [-0.39, 0.29) is 18.3 Å². The first-order valence-corrected chi connectivity index (χ1v) is 9.48. The van der Waals surface area contributed by atoms with E-state index in [2.05, 4.69) is 10.5 Å². The Bertz CT molecular complexity index is 1200. The van der Waals surface area contributed by atoms with Gasteiger partial charge in [0.1, 0.15) is 18.2 Å². The van der Waals surface area contributed by atoms with E-state index < -0.39 is 0 Å². The molecule has 0 atom stereocenters. The molecule has 30 heavy (non-hydrogen) atoms. The van der Waals surface area contributed by atoms with E-state index in [1.807, 2.05) is 48.5 Å². The molecule has 0 saturated heterocycles. The van der Waals surface area contributed by atoms with E-state index in [4.69, 9.17) is 4.74 Å². The highest BCUT2D eigenvalue weighted by Gasteiger charge is 2.08. The molecule has 4 nitrogen and oxygen atoms in total. The van der Waals surface area contributed by atoms with Crippen molar-refractivity contribution >= 4 is 22.9 Å². The largest absolute Gasteiger partial charge is 0.489 e. The number of fused-ring (bicyclic) bond motifs is 1. The molecule has 0 saturated carbocycles. The highest BCUT2D eigenvalue weighted by atomic mass is 19.1. The fourth-order valence-electron chi connectivity index (χ4n) is 3.08. The van der Waals surface area contributed by atoms with Gasteiger partial charge in [-0.3, -0.25) is 4.79 Å². The summed E-state index contributed by atoms with van der Waals surface area (Å²) in [5, 5.41) is 5.92. The van der Waals surface area contributed by atoms with Crippen LogP contribution in [0.15, 0.2) is 96.1 Å². The predicted molar refractivity (Wildman–Crippen MR) is 116 cm³/mol. The third kappa shape index (κ3) is 4.52. The van der Waals surface area contributed by atoms with Gasteiger partial charge in [-0.15, -0.1) is 0 Å². The van der Waals surface area contributed by atoms with Crippen molar-refractivity contribution in [3.8, 4) is 5.75 Å². The van der Waals surface area contributed by atoms with Gasteiger partial charge in [-0.2, -0.15) is 5.10 Å². The van der Waals surface area contributed by atoms with Crippen LogP contribution in [0.1, 0.15) is 21.5 Å². The van der Waals surface area contributed by atoms with E-state index >= 15 is 0 Å². The Kier molecular flexibility index (Phi) is 5.80. The molecule has 5 heteroatoms. The summed E-state index contributed by atoms with van der Waals surface area (Å²) in [4.78, 5) is 12.5. The van der Waals surface area contributed by atoms with Crippen molar-refractivity contribution in [3.05, 3.63) is 114 Å². The Morgan fingerprint density at radius 2 is 1.63 bits per heavy atom. The number of nitrogens with zero attached hydrogens (tertiary/aromatic N) is 1. The molecule has 0 spiro atoms. The molecule has 0 unspecified atom stereocenters. The second-order valence-corrected chi connectivity index (χ2v) is 6.67. The number of carbonyl (C=O) groups excluding carboxylic acids is 1. The molecule has 1 amide bonds. The van der Waals surface area contributed by atoms with Crippen LogP contribution >= 0.6 is 0 Å². The minimum atomic E-state index is -0.289. The van der Waals surface area contributed by atoms with E-state index in [0.29, 0.717) is 16.9 Å². The quantitative estimate of drug-likeness (QED) is 0.353. The van der Waals surface area contributed by atoms with Crippen molar-refractivity contribution in [1.29, 1.82) is 0 Å². The molecule has 4 aromatic carbocycles. The molecule has 0 heterocycles. The van der Waals surface area contributed by atoms with Gasteiger partial charge in [0.05, 0.1) is 6.21 Å². The van der Waals surface area contributed by atoms with E-state index in [1.165, 1.54) is 6.07 Å². The number of rotatable bonds is 6. The Hall–Kier alpha value is -3.99. The molecule has 4 rings (SSSR count). The first-order chi connectivity index (χ1) is 14.7. The molecule has 0 aliphatic heterocycles. The summed E-state index contributed by atoms with van der Waals surface area (Å²) in [6.45, 7) is 0.154. The molecule has 0 aromatic heterocycles. The number of halogens is 1. The number of carbonyl (C=O) groups is 1. The lowest BCUT2D eigenvalue weighted by Crippen LogP contribution is -2.17. The van der Waals surface area contributed by atoms with E-state index in [0.717, 1.165) is 16.3 Å². The number of nitrogens with one attached hydrogen (secondary N) is 1. The van der Waals surface area contributed by atoms with Crippen molar-refractivity contribution in [2.75, 3.05) is 0 Å². The summed E-state index contributed by atoms with van der Waals surface area (Å²) < 4.78 is 19.3. The lowest BCUT2D eigenvalue weighted by molar-refractivity contribution is 0.0957. The minimum absolute atomic E-state index is 0.154. The van der Waals surface area contributed by atoms with Crippen LogP contribution in [0.4, 0.5) is 4.39 Å². The second kappa shape index (κ2) is 9.01. The zero-order valence-corrected chi connectivity index (χ0v) is 16.1. The van der Waals surface area contributed by atoms with Gasteiger partial charge in [0.2, 0.25) is 0 Å². The van der Waals surface area contributed by atoms with E-state index in [9.17, 15) is 9.18 Å². The van der Waals surface area contributed by atoms with Gasteiger partial charge in [0.15, 0.2) is 0 Å². The fraction of sp³-hybridized carbons (Fsp3) is 0.0400. The van der Waals surface area contributed by atoms with Gasteiger partial charge in [-0.05, 0) is 52.7 Å². The number of hydrogen-bond acceptors (Lipinski definition) is 3. The number of ether oxygens (including phenoxy) is 1. The normalized spacial score (nSPS) is 11.0. The molecule has 0 aliphatic rings. The van der Waals surface area contributed by atoms with Crippen molar-refractivity contribution in [1.82, 2.24) is 5.43 Å². The van der Waals surface area contributed by atoms with Crippen LogP contribution in [0.5, 0.6) is 5.75 Å². The molecule has 0 bridgehead atoms. The van der Waals surface area contributed by atoms with Gasteiger partial charge in [0, 0.05) is 11.1 Å². The molecule has 0 aliphatic carbocycles. The van der Waals surface area contributed by atoms with Gasteiger partial charge in [0.25, 0.3) is 5.91 Å². The first kappa shape index (κ1) is 19.3. The predicted octanol–water partition coefficient (Wildman–Crippen LogP) is 5.32. The lowest BCUT2D eigenvalue weighted by Gasteiger charge is -2.07. The second-order valence-electron chi connectivity index (χ2n) is 6.67. The Balaban J connectivity index is 1.36. The van der Waals surface area contributed by atoms with Crippen LogP contribution in [-0.4, -0.2) is 12.1 Å². The molecule has 148 valence electrons. The van der Waals surface area contributed by atoms with Crippen molar-refractivity contribution in [3.63, 3.8) is 0 Å². The van der Waals surface area contributed by atoms with Gasteiger partial charge in [-0.1, -0.05) is 54.6 Å².